The van der Waals surface area contributed by atoms with E-state index in [-0.39, 0.29) is 11.6 Å². The van der Waals surface area contributed by atoms with Crippen LogP contribution in [0, 0.1) is 0 Å². The number of hydrogen-bond donors (Lipinski definition) is 2. The van der Waals surface area contributed by atoms with Crippen LogP contribution in [0.2, 0.25) is 0 Å². The lowest BCUT2D eigenvalue weighted by atomic mass is 10.2. The summed E-state index contributed by atoms with van der Waals surface area (Å²) in [5.74, 6) is -0.368. The monoisotopic (exact) mass is 415 g/mol. The van der Waals surface area contributed by atoms with Gasteiger partial charge in [0.05, 0.1) is 6.26 Å². The Bertz CT molecular complexity index is 1100. The zero-order chi connectivity index (χ0) is 21.6. The smallest absolute Gasteiger partial charge is 0.272 e. The molecule has 2 aromatic carbocycles. The third-order valence-electron chi connectivity index (χ3n) is 4.87. The minimum atomic E-state index is -0.495. The Hall–Kier alpha value is -4.13. The zero-order valence-corrected chi connectivity index (χ0v) is 16.7. The molecule has 1 saturated heterocycles. The largest absolute Gasteiger partial charge is 0.465 e. The Morgan fingerprint density at radius 2 is 1.74 bits per heavy atom. The van der Waals surface area contributed by atoms with Crippen LogP contribution in [0.25, 0.3) is 6.08 Å². The summed E-state index contributed by atoms with van der Waals surface area (Å²) >= 11 is 0. The number of hydrogen-bond acceptors (Lipinski definition) is 4. The molecule has 31 heavy (non-hydrogen) atoms. The van der Waals surface area contributed by atoms with Gasteiger partial charge in [-0.25, -0.2) is 0 Å². The van der Waals surface area contributed by atoms with Gasteiger partial charge in [0, 0.05) is 36.0 Å². The molecule has 4 rings (SSSR count). The normalized spacial score (nSPS) is 13.9. The SMILES string of the molecule is O=C(Nc1ccc(N2CCCC2=O)cc1)/C(=C/c1ccco1)NC(=O)c1ccccc1. The Kier molecular flexibility index (Phi) is 5.93. The fourth-order valence-electron chi connectivity index (χ4n) is 3.30. The summed E-state index contributed by atoms with van der Waals surface area (Å²) in [4.78, 5) is 39.1. The van der Waals surface area contributed by atoms with Crippen LogP contribution in [0.4, 0.5) is 11.4 Å². The highest BCUT2D eigenvalue weighted by atomic mass is 16.3. The highest BCUT2D eigenvalue weighted by molar-refractivity contribution is 6.10. The van der Waals surface area contributed by atoms with Gasteiger partial charge in [-0.15, -0.1) is 0 Å². The summed E-state index contributed by atoms with van der Waals surface area (Å²) in [6.45, 7) is 0.700. The second kappa shape index (κ2) is 9.13. The van der Waals surface area contributed by atoms with Crippen LogP contribution in [0.1, 0.15) is 29.0 Å². The van der Waals surface area contributed by atoms with Crippen LogP contribution >= 0.6 is 0 Å². The zero-order valence-electron chi connectivity index (χ0n) is 16.7. The number of rotatable bonds is 6. The standard InChI is InChI=1S/C24H21N3O4/c28-22-9-4-14-27(22)19-12-10-18(11-13-19)25-24(30)21(16-20-8-5-15-31-20)26-23(29)17-6-2-1-3-7-17/h1-3,5-8,10-13,15-16H,4,9,14H2,(H,25,30)(H,26,29)/b21-16-. The molecular weight excluding hydrogens is 394 g/mol. The summed E-state index contributed by atoms with van der Waals surface area (Å²) in [6.07, 6.45) is 4.35. The minimum absolute atomic E-state index is 0.0441. The fraction of sp³-hybridized carbons (Fsp3) is 0.125. The van der Waals surface area contributed by atoms with E-state index in [1.165, 1.54) is 12.3 Å². The van der Waals surface area contributed by atoms with Gasteiger partial charge in [0.1, 0.15) is 11.5 Å². The van der Waals surface area contributed by atoms with Gasteiger partial charge < -0.3 is 20.0 Å². The van der Waals surface area contributed by atoms with Crippen molar-refractivity contribution < 1.29 is 18.8 Å². The summed E-state index contributed by atoms with van der Waals surface area (Å²) in [6, 6.07) is 19.0. The molecule has 156 valence electrons. The van der Waals surface area contributed by atoms with Gasteiger partial charge in [-0.1, -0.05) is 18.2 Å². The van der Waals surface area contributed by atoms with Crippen LogP contribution in [0.15, 0.2) is 83.1 Å². The maximum atomic E-state index is 12.9. The first-order chi connectivity index (χ1) is 15.1. The van der Waals surface area contributed by atoms with Gasteiger partial charge in [-0.2, -0.15) is 0 Å². The predicted octanol–water partition coefficient (Wildman–Crippen LogP) is 3.82. The molecule has 0 saturated carbocycles. The van der Waals surface area contributed by atoms with Crippen molar-refractivity contribution in [3.8, 4) is 0 Å². The van der Waals surface area contributed by atoms with Crippen molar-refractivity contribution in [1.29, 1.82) is 0 Å². The molecule has 1 fully saturated rings. The molecule has 3 aromatic rings. The first kappa shape index (κ1) is 20.2. The third kappa shape index (κ3) is 4.90. The van der Waals surface area contributed by atoms with E-state index in [0.29, 0.717) is 30.0 Å². The van der Waals surface area contributed by atoms with Gasteiger partial charge in [0.25, 0.3) is 11.8 Å². The Morgan fingerprint density at radius 3 is 2.39 bits per heavy atom. The number of nitrogens with zero attached hydrogens (tertiary/aromatic N) is 1. The average molecular weight is 415 g/mol. The van der Waals surface area contributed by atoms with E-state index < -0.39 is 11.8 Å². The summed E-state index contributed by atoms with van der Waals surface area (Å²) in [5.41, 5.74) is 1.81. The molecule has 0 bridgehead atoms. The van der Waals surface area contributed by atoms with Crippen molar-refractivity contribution in [2.24, 2.45) is 0 Å². The van der Waals surface area contributed by atoms with E-state index in [1.54, 1.807) is 65.6 Å². The maximum Gasteiger partial charge on any atom is 0.272 e. The van der Waals surface area contributed by atoms with Crippen molar-refractivity contribution in [2.45, 2.75) is 12.8 Å². The number of nitrogens with one attached hydrogen (secondary N) is 2. The molecule has 1 aliphatic heterocycles. The second-order valence-electron chi connectivity index (χ2n) is 7.04. The third-order valence-corrected chi connectivity index (χ3v) is 4.87. The second-order valence-corrected chi connectivity index (χ2v) is 7.04. The number of benzene rings is 2. The first-order valence-corrected chi connectivity index (χ1v) is 9.93. The lowest BCUT2D eigenvalue weighted by Crippen LogP contribution is -2.30. The van der Waals surface area contributed by atoms with Crippen molar-refractivity contribution in [3.63, 3.8) is 0 Å². The molecule has 0 radical (unpaired) electrons. The van der Waals surface area contributed by atoms with Gasteiger partial charge in [0.15, 0.2) is 0 Å². The molecule has 7 nitrogen and oxygen atoms in total. The van der Waals surface area contributed by atoms with Crippen molar-refractivity contribution >= 4 is 35.2 Å². The molecule has 0 spiro atoms. The minimum Gasteiger partial charge on any atom is -0.465 e. The van der Waals surface area contributed by atoms with E-state index in [0.717, 1.165) is 12.1 Å². The highest BCUT2D eigenvalue weighted by Crippen LogP contribution is 2.23. The van der Waals surface area contributed by atoms with Crippen molar-refractivity contribution in [2.75, 3.05) is 16.8 Å². The van der Waals surface area contributed by atoms with Gasteiger partial charge in [-0.3, -0.25) is 14.4 Å². The van der Waals surface area contributed by atoms with Crippen LogP contribution in [-0.4, -0.2) is 24.3 Å². The fourth-order valence-corrected chi connectivity index (χ4v) is 3.30. The maximum absolute atomic E-state index is 12.9. The van der Waals surface area contributed by atoms with Crippen LogP contribution in [0.5, 0.6) is 0 Å². The molecule has 0 aliphatic carbocycles. The number of furan rings is 1. The van der Waals surface area contributed by atoms with Crippen LogP contribution in [0.3, 0.4) is 0 Å². The van der Waals surface area contributed by atoms with Crippen molar-refractivity contribution in [3.05, 3.63) is 90.0 Å². The number of amides is 3. The predicted molar refractivity (Wildman–Crippen MR) is 117 cm³/mol. The van der Waals surface area contributed by atoms with Gasteiger partial charge >= 0.3 is 0 Å². The molecule has 0 unspecified atom stereocenters. The molecule has 3 amide bonds. The topological polar surface area (TPSA) is 91.7 Å². The molecule has 1 aromatic heterocycles. The van der Waals surface area contributed by atoms with E-state index in [1.807, 2.05) is 6.07 Å². The number of carbonyl (C=O) groups is 3. The van der Waals surface area contributed by atoms with E-state index >= 15 is 0 Å². The lowest BCUT2D eigenvalue weighted by molar-refractivity contribution is -0.117. The van der Waals surface area contributed by atoms with Crippen molar-refractivity contribution in [1.82, 2.24) is 5.32 Å². The van der Waals surface area contributed by atoms with Gasteiger partial charge in [0.2, 0.25) is 5.91 Å². The molecule has 2 N–H and O–H groups in total. The molecule has 0 atom stereocenters. The first-order valence-electron chi connectivity index (χ1n) is 9.93. The van der Waals surface area contributed by atoms with Gasteiger partial charge in [-0.05, 0) is 55.0 Å². The molecular formula is C24H21N3O4. The number of carbonyl (C=O) groups excluding carboxylic acids is 3. The Labute approximate surface area is 179 Å². The highest BCUT2D eigenvalue weighted by Gasteiger charge is 2.21. The van der Waals surface area contributed by atoms with E-state index in [2.05, 4.69) is 10.6 Å². The quantitative estimate of drug-likeness (QED) is 0.599. The lowest BCUT2D eigenvalue weighted by Gasteiger charge is -2.16. The summed E-state index contributed by atoms with van der Waals surface area (Å²) in [7, 11) is 0. The Balaban J connectivity index is 1.50. The summed E-state index contributed by atoms with van der Waals surface area (Å²) < 4.78 is 5.29. The molecule has 1 aliphatic rings. The average Bonchev–Trinajstić information content (AvgIpc) is 3.46. The van der Waals surface area contributed by atoms with Crippen LogP contribution in [-0.2, 0) is 9.59 Å². The number of anilines is 2. The Morgan fingerprint density at radius 1 is 0.968 bits per heavy atom. The molecule has 2 heterocycles. The van der Waals surface area contributed by atoms with Crippen LogP contribution < -0.4 is 15.5 Å². The van der Waals surface area contributed by atoms with E-state index in [9.17, 15) is 14.4 Å². The van der Waals surface area contributed by atoms with E-state index in [4.69, 9.17) is 4.42 Å². The summed E-state index contributed by atoms with van der Waals surface area (Å²) in [5, 5.41) is 5.42. The molecule has 7 heteroatoms.